The lowest BCUT2D eigenvalue weighted by Gasteiger charge is -2.41. The summed E-state index contributed by atoms with van der Waals surface area (Å²) in [5.41, 5.74) is -0.221. The van der Waals surface area contributed by atoms with Crippen molar-refractivity contribution in [3.05, 3.63) is 84.5 Å². The van der Waals surface area contributed by atoms with Gasteiger partial charge in [0.1, 0.15) is 35.3 Å². The number of para-hydroxylation sites is 1. The standard InChI is InChI=1S/C35H39N5O6/c1-2-34-17-10-3-4-11-20-45-33(44)29(34)28-31(42)40(25(22-41)21-24-13-6-5-7-14-24)30-32(43)38(19-12-18-35(28,30)46-34)23-39-27-16-9-8-15-26(27)36-37-39/h5-10,12-18,25,28-30,41H,2-4,11,19-23H2,1H3/b17-10-/t25-,28+,29-,30?,34+,35+/m1/s1. The van der Waals surface area contributed by atoms with Crippen LogP contribution in [-0.4, -0.2) is 90.7 Å². The smallest absolute Gasteiger partial charge is 0.313 e. The normalized spacial score (nSPS) is 30.8. The molecule has 2 amide bonds. The summed E-state index contributed by atoms with van der Waals surface area (Å²) in [5.74, 6) is -3.23. The van der Waals surface area contributed by atoms with Crippen molar-refractivity contribution >= 4 is 28.8 Å². The number of likely N-dealkylation sites (tertiary alicyclic amines) is 1. The zero-order valence-corrected chi connectivity index (χ0v) is 25.9. The molecule has 4 aliphatic rings. The maximum Gasteiger partial charge on any atom is 0.313 e. The zero-order valence-electron chi connectivity index (χ0n) is 25.9. The van der Waals surface area contributed by atoms with Crippen molar-refractivity contribution < 1.29 is 29.0 Å². The van der Waals surface area contributed by atoms with E-state index in [1.165, 1.54) is 4.90 Å². The minimum atomic E-state index is -1.46. The highest BCUT2D eigenvalue weighted by Gasteiger charge is 2.75. The quantitative estimate of drug-likeness (QED) is 0.314. The van der Waals surface area contributed by atoms with Gasteiger partial charge in [-0.1, -0.05) is 78.9 Å². The monoisotopic (exact) mass is 625 g/mol. The van der Waals surface area contributed by atoms with E-state index >= 15 is 0 Å². The van der Waals surface area contributed by atoms with E-state index < -0.39 is 47.0 Å². The number of benzene rings is 2. The van der Waals surface area contributed by atoms with Gasteiger partial charge in [0.05, 0.1) is 30.7 Å². The number of aromatic nitrogens is 3. The van der Waals surface area contributed by atoms with E-state index in [2.05, 4.69) is 10.3 Å². The first-order chi connectivity index (χ1) is 22.4. The van der Waals surface area contributed by atoms with E-state index in [4.69, 9.17) is 9.47 Å². The summed E-state index contributed by atoms with van der Waals surface area (Å²) in [4.78, 5) is 46.9. The Morgan fingerprint density at radius 2 is 1.78 bits per heavy atom. The molecule has 240 valence electrons. The van der Waals surface area contributed by atoms with E-state index in [1.807, 2.05) is 85.8 Å². The molecule has 11 nitrogen and oxygen atoms in total. The van der Waals surface area contributed by atoms with E-state index in [9.17, 15) is 19.5 Å². The summed E-state index contributed by atoms with van der Waals surface area (Å²) in [7, 11) is 0. The van der Waals surface area contributed by atoms with Crippen LogP contribution in [0.2, 0.25) is 0 Å². The Morgan fingerprint density at radius 1 is 0.978 bits per heavy atom. The Labute approximate surface area is 267 Å². The van der Waals surface area contributed by atoms with Crippen LogP contribution in [0.4, 0.5) is 0 Å². The molecular weight excluding hydrogens is 586 g/mol. The Bertz CT molecular complexity index is 1690. The number of carbonyl (C=O) groups is 3. The van der Waals surface area contributed by atoms with Crippen LogP contribution in [0.25, 0.3) is 11.0 Å². The van der Waals surface area contributed by atoms with Gasteiger partial charge in [0, 0.05) is 6.54 Å². The fourth-order valence-electron chi connectivity index (χ4n) is 7.86. The number of amides is 2. The minimum Gasteiger partial charge on any atom is -0.465 e. The van der Waals surface area contributed by atoms with Crippen molar-refractivity contribution in [1.82, 2.24) is 24.8 Å². The second-order valence-corrected chi connectivity index (χ2v) is 12.6. The largest absolute Gasteiger partial charge is 0.465 e. The Kier molecular flexibility index (Phi) is 7.98. The molecule has 4 aliphatic heterocycles. The number of rotatable bonds is 7. The molecule has 1 N–H and O–H groups in total. The molecule has 0 radical (unpaired) electrons. The molecule has 2 aromatic carbocycles. The maximum absolute atomic E-state index is 14.9. The number of aliphatic hydroxyl groups excluding tert-OH is 1. The number of allylic oxidation sites excluding steroid dienone is 1. The van der Waals surface area contributed by atoms with Gasteiger partial charge in [-0.15, -0.1) is 5.10 Å². The van der Waals surface area contributed by atoms with Crippen LogP contribution in [0.5, 0.6) is 0 Å². The van der Waals surface area contributed by atoms with Gasteiger partial charge in [0.15, 0.2) is 0 Å². The van der Waals surface area contributed by atoms with Crippen LogP contribution >= 0.6 is 0 Å². The molecule has 11 heteroatoms. The molecule has 2 saturated heterocycles. The summed E-state index contributed by atoms with van der Waals surface area (Å²) in [6.45, 7) is 2.14. The van der Waals surface area contributed by atoms with Crippen molar-refractivity contribution in [2.75, 3.05) is 19.8 Å². The lowest BCUT2D eigenvalue weighted by molar-refractivity contribution is -0.163. The third-order valence-electron chi connectivity index (χ3n) is 10.0. The maximum atomic E-state index is 14.9. The van der Waals surface area contributed by atoms with Gasteiger partial charge >= 0.3 is 5.97 Å². The molecule has 1 unspecified atom stereocenters. The first-order valence-electron chi connectivity index (χ1n) is 16.2. The molecule has 3 aromatic rings. The van der Waals surface area contributed by atoms with Gasteiger partial charge in [-0.25, -0.2) is 4.68 Å². The number of aliphatic hydroxyl groups is 1. The minimum absolute atomic E-state index is 0.0930. The van der Waals surface area contributed by atoms with Gasteiger partial charge in [-0.05, 0) is 49.8 Å². The fraction of sp³-hybridized carbons (Fsp3) is 0.457. The van der Waals surface area contributed by atoms with E-state index in [0.29, 0.717) is 18.4 Å². The number of carbonyl (C=O) groups excluding carboxylic acids is 3. The Hall–Kier alpha value is -4.35. The Morgan fingerprint density at radius 3 is 2.59 bits per heavy atom. The van der Waals surface area contributed by atoms with Crippen LogP contribution in [0.3, 0.4) is 0 Å². The fourth-order valence-corrected chi connectivity index (χ4v) is 7.86. The number of hydrogen-bond acceptors (Lipinski definition) is 8. The predicted octanol–water partition coefficient (Wildman–Crippen LogP) is 3.04. The second kappa shape index (κ2) is 12.1. The lowest BCUT2D eigenvalue weighted by Crippen LogP contribution is -2.59. The van der Waals surface area contributed by atoms with Crippen LogP contribution in [0.15, 0.2) is 78.9 Å². The molecule has 1 aromatic heterocycles. The summed E-state index contributed by atoms with van der Waals surface area (Å²) in [6.07, 6.45) is 10.7. The van der Waals surface area contributed by atoms with Gasteiger partial charge in [0.25, 0.3) is 5.91 Å². The van der Waals surface area contributed by atoms with Crippen LogP contribution in [0.1, 0.15) is 38.2 Å². The van der Waals surface area contributed by atoms with Crippen molar-refractivity contribution in [1.29, 1.82) is 0 Å². The molecule has 0 saturated carbocycles. The zero-order chi connectivity index (χ0) is 31.9. The molecule has 5 heterocycles. The predicted molar refractivity (Wildman–Crippen MR) is 168 cm³/mol. The average molecular weight is 626 g/mol. The number of nitrogens with zero attached hydrogens (tertiary/aromatic N) is 5. The molecule has 0 bridgehead atoms. The van der Waals surface area contributed by atoms with E-state index in [1.54, 1.807) is 9.58 Å². The summed E-state index contributed by atoms with van der Waals surface area (Å²) < 4.78 is 14.5. The summed E-state index contributed by atoms with van der Waals surface area (Å²) >= 11 is 0. The van der Waals surface area contributed by atoms with Gasteiger partial charge in [-0.2, -0.15) is 0 Å². The summed E-state index contributed by atoms with van der Waals surface area (Å²) in [5, 5.41) is 19.4. The second-order valence-electron chi connectivity index (χ2n) is 12.6. The lowest BCUT2D eigenvalue weighted by atomic mass is 9.73. The van der Waals surface area contributed by atoms with Crippen molar-refractivity contribution in [3.8, 4) is 0 Å². The number of ether oxygens (including phenoxy) is 2. The highest BCUT2D eigenvalue weighted by Crippen LogP contribution is 2.58. The number of hydrogen-bond donors (Lipinski definition) is 1. The van der Waals surface area contributed by atoms with E-state index in [0.717, 1.165) is 30.3 Å². The third-order valence-corrected chi connectivity index (χ3v) is 10.0. The van der Waals surface area contributed by atoms with Gasteiger partial charge in [-0.3, -0.25) is 14.4 Å². The first-order valence-corrected chi connectivity index (χ1v) is 16.2. The molecule has 0 aliphatic carbocycles. The van der Waals surface area contributed by atoms with Crippen molar-refractivity contribution in [3.63, 3.8) is 0 Å². The topological polar surface area (TPSA) is 127 Å². The van der Waals surface area contributed by atoms with Crippen molar-refractivity contribution in [2.24, 2.45) is 11.8 Å². The molecule has 6 atom stereocenters. The van der Waals surface area contributed by atoms with Crippen LogP contribution in [0, 0.1) is 11.8 Å². The number of cyclic esters (lactones) is 1. The van der Waals surface area contributed by atoms with Crippen molar-refractivity contribution in [2.45, 2.75) is 69.0 Å². The summed E-state index contributed by atoms with van der Waals surface area (Å²) in [6, 6.07) is 15.2. The van der Waals surface area contributed by atoms with Crippen LogP contribution < -0.4 is 0 Å². The number of fused-ring (bicyclic) bond motifs is 3. The molecule has 7 rings (SSSR count). The highest BCUT2D eigenvalue weighted by atomic mass is 16.6. The number of esters is 1. The molecule has 2 fully saturated rings. The van der Waals surface area contributed by atoms with Crippen LogP contribution in [-0.2, 0) is 36.9 Å². The van der Waals surface area contributed by atoms with Gasteiger partial charge in [0.2, 0.25) is 5.91 Å². The SMILES string of the molecule is CC[C@]12/C=C\CCCCOC(=O)[C@H]1[C@H]1C(=O)N([C@@H](CO)Cc3ccccc3)C3C(=O)N(Cn4nnc5ccccc54)CC=C[C@@]31O2. The van der Waals surface area contributed by atoms with E-state index in [-0.39, 0.29) is 32.3 Å². The van der Waals surface area contributed by atoms with Gasteiger partial charge < -0.3 is 24.4 Å². The first kappa shape index (κ1) is 30.3. The highest BCUT2D eigenvalue weighted by molar-refractivity contribution is 5.99. The molecule has 1 spiro atoms. The molecular formula is C35H39N5O6. The third kappa shape index (κ3) is 4.84. The average Bonchev–Trinajstić information content (AvgIpc) is 3.66. The Balaban J connectivity index is 1.35. The molecule has 46 heavy (non-hydrogen) atoms.